The van der Waals surface area contributed by atoms with E-state index in [-0.39, 0.29) is 62.6 Å². The minimum atomic E-state index is -0.664. The second-order valence-electron chi connectivity index (χ2n) is 5.73. The van der Waals surface area contributed by atoms with Gasteiger partial charge in [0.1, 0.15) is 0 Å². The second-order valence-corrected chi connectivity index (χ2v) is 5.73. The molecule has 0 saturated carbocycles. The average molecular weight is 393 g/mol. The van der Waals surface area contributed by atoms with Crippen LogP contribution in [-0.2, 0) is 4.79 Å². The molecule has 0 saturated heterocycles. The van der Waals surface area contributed by atoms with Crippen LogP contribution in [0.3, 0.4) is 0 Å². The zero-order chi connectivity index (χ0) is 14.9. The Morgan fingerprint density at radius 1 is 0.739 bits per heavy atom. The molecule has 0 unspecified atom stereocenters. The maximum absolute atomic E-state index is 10.3. The van der Waals surface area contributed by atoms with Gasteiger partial charge in [0, 0.05) is 6.42 Å². The number of unbranched alkanes of at least 4 members (excludes halogenated alkanes) is 11. The van der Waals surface area contributed by atoms with Crippen molar-refractivity contribution in [1.82, 2.24) is 0 Å². The molecule has 0 aromatic carbocycles. The third kappa shape index (κ3) is 31.3. The molecule has 0 fully saturated rings. The SMILES string of the molecule is CCCCCCCCC=CCCCCCCCC(=O)O.[Ca+2].[Cl-].[Cl-]. The molecule has 0 aliphatic heterocycles. The van der Waals surface area contributed by atoms with E-state index in [2.05, 4.69) is 19.1 Å². The fourth-order valence-electron chi connectivity index (χ4n) is 2.35. The number of rotatable bonds is 15. The summed E-state index contributed by atoms with van der Waals surface area (Å²) in [7, 11) is 0. The maximum atomic E-state index is 10.3. The summed E-state index contributed by atoms with van der Waals surface area (Å²) in [5, 5.41) is 8.51. The molecule has 0 aliphatic carbocycles. The first kappa shape index (κ1) is 31.8. The van der Waals surface area contributed by atoms with E-state index >= 15 is 0 Å². The largest absolute Gasteiger partial charge is 2.00 e. The Morgan fingerprint density at radius 3 is 1.57 bits per heavy atom. The Kier molecular flexibility index (Phi) is 38.5. The average Bonchev–Trinajstić information content (AvgIpc) is 2.43. The monoisotopic (exact) mass is 392 g/mol. The Hall–Kier alpha value is 1.05. The minimum absolute atomic E-state index is 0. The number of carboxylic acids is 1. The van der Waals surface area contributed by atoms with Crippen LogP contribution in [0, 0.1) is 0 Å². The second kappa shape index (κ2) is 27.9. The van der Waals surface area contributed by atoms with E-state index in [1.54, 1.807) is 0 Å². The van der Waals surface area contributed by atoms with Crippen molar-refractivity contribution in [3.05, 3.63) is 12.2 Å². The molecule has 1 N–H and O–H groups in total. The normalized spacial score (nSPS) is 9.78. The van der Waals surface area contributed by atoms with Crippen molar-refractivity contribution in [1.29, 1.82) is 0 Å². The van der Waals surface area contributed by atoms with Crippen molar-refractivity contribution in [2.45, 2.75) is 96.8 Å². The summed E-state index contributed by atoms with van der Waals surface area (Å²) >= 11 is 0. The van der Waals surface area contributed by atoms with Gasteiger partial charge in [-0.3, -0.25) is 4.79 Å². The first-order chi connectivity index (χ1) is 9.77. The number of halogens is 2. The van der Waals surface area contributed by atoms with E-state index < -0.39 is 5.97 Å². The van der Waals surface area contributed by atoms with Crippen molar-refractivity contribution in [3.63, 3.8) is 0 Å². The van der Waals surface area contributed by atoms with Crippen LogP contribution in [0.4, 0.5) is 0 Å². The first-order valence-electron chi connectivity index (χ1n) is 8.64. The van der Waals surface area contributed by atoms with E-state index in [9.17, 15) is 4.79 Å². The van der Waals surface area contributed by atoms with Crippen LogP contribution in [0.25, 0.3) is 0 Å². The van der Waals surface area contributed by atoms with Gasteiger partial charge in [-0.2, -0.15) is 0 Å². The van der Waals surface area contributed by atoms with Crippen LogP contribution in [-0.4, -0.2) is 48.8 Å². The molecule has 0 bridgehead atoms. The number of allylic oxidation sites excluding steroid dienone is 2. The van der Waals surface area contributed by atoms with E-state index in [1.807, 2.05) is 0 Å². The van der Waals surface area contributed by atoms with Gasteiger partial charge in [0.05, 0.1) is 0 Å². The van der Waals surface area contributed by atoms with Gasteiger partial charge in [0.25, 0.3) is 0 Å². The first-order valence-corrected chi connectivity index (χ1v) is 8.64. The Morgan fingerprint density at radius 2 is 1.13 bits per heavy atom. The molecule has 0 amide bonds. The van der Waals surface area contributed by atoms with Gasteiger partial charge in [0.15, 0.2) is 0 Å². The molecule has 0 radical (unpaired) electrons. The molecule has 134 valence electrons. The van der Waals surface area contributed by atoms with Crippen molar-refractivity contribution in [2.24, 2.45) is 0 Å². The van der Waals surface area contributed by atoms with Crippen LogP contribution in [0.15, 0.2) is 12.2 Å². The van der Waals surface area contributed by atoms with E-state index in [1.165, 1.54) is 70.6 Å². The van der Waals surface area contributed by atoms with Crippen molar-refractivity contribution in [3.8, 4) is 0 Å². The summed E-state index contributed by atoms with van der Waals surface area (Å²) in [4.78, 5) is 10.3. The number of hydrogen-bond acceptors (Lipinski definition) is 1. The number of aliphatic carboxylic acids is 1. The fourth-order valence-corrected chi connectivity index (χ4v) is 2.35. The van der Waals surface area contributed by atoms with Gasteiger partial charge in [0.2, 0.25) is 0 Å². The topological polar surface area (TPSA) is 37.3 Å². The van der Waals surface area contributed by atoms with Crippen LogP contribution >= 0.6 is 0 Å². The van der Waals surface area contributed by atoms with Crippen LogP contribution in [0.1, 0.15) is 96.8 Å². The van der Waals surface area contributed by atoms with E-state index in [0.717, 1.165) is 12.8 Å². The van der Waals surface area contributed by atoms with Gasteiger partial charge in [-0.05, 0) is 32.1 Å². The molecule has 2 nitrogen and oxygen atoms in total. The van der Waals surface area contributed by atoms with Crippen molar-refractivity contribution < 1.29 is 34.7 Å². The number of carbonyl (C=O) groups is 1. The molecule has 0 rings (SSSR count). The minimum Gasteiger partial charge on any atom is -1.00 e. The summed E-state index contributed by atoms with van der Waals surface area (Å²) < 4.78 is 0. The molecule has 23 heavy (non-hydrogen) atoms. The molecule has 0 atom stereocenters. The summed E-state index contributed by atoms with van der Waals surface area (Å²) in [5.41, 5.74) is 0. The van der Waals surface area contributed by atoms with Gasteiger partial charge in [-0.15, -0.1) is 0 Å². The van der Waals surface area contributed by atoms with Crippen LogP contribution in [0.2, 0.25) is 0 Å². The zero-order valence-electron chi connectivity index (χ0n) is 14.9. The molecular weight excluding hydrogens is 359 g/mol. The standard InChI is InChI=1S/C18H34O2.Ca.2ClH/c1-2-3-4-5-6-7-8-9-10-11-12-13-14-15-16-17-18(19)20;;;/h9-10H,2-8,11-17H2,1H3,(H,19,20);;2*1H/q;+2;;/p-2. The molecule has 0 aromatic rings. The Labute approximate surface area is 186 Å². The Bertz CT molecular complexity index is 249. The predicted molar refractivity (Wildman–Crippen MR) is 92.8 cm³/mol. The summed E-state index contributed by atoms with van der Waals surface area (Å²) in [5.74, 6) is -0.664. The number of carboxylic acid groups (broad SMARTS) is 1. The molecular formula is C18H34CaCl2O2. The molecule has 0 heterocycles. The molecule has 5 heteroatoms. The van der Waals surface area contributed by atoms with Crippen LogP contribution in [0.5, 0.6) is 0 Å². The zero-order valence-corrected chi connectivity index (χ0v) is 18.6. The number of hydrogen-bond donors (Lipinski definition) is 1. The van der Waals surface area contributed by atoms with Gasteiger partial charge in [-0.1, -0.05) is 70.4 Å². The van der Waals surface area contributed by atoms with Crippen molar-refractivity contribution in [2.75, 3.05) is 0 Å². The summed E-state index contributed by atoms with van der Waals surface area (Å²) in [6.07, 6.45) is 21.2. The maximum Gasteiger partial charge on any atom is 2.00 e. The summed E-state index contributed by atoms with van der Waals surface area (Å²) in [6.45, 7) is 2.26. The van der Waals surface area contributed by atoms with E-state index in [4.69, 9.17) is 5.11 Å². The van der Waals surface area contributed by atoms with Gasteiger partial charge >= 0.3 is 43.7 Å². The smallest absolute Gasteiger partial charge is 1.00 e. The quantitative estimate of drug-likeness (QED) is 0.236. The third-order valence-corrected chi connectivity index (χ3v) is 3.65. The van der Waals surface area contributed by atoms with E-state index in [0.29, 0.717) is 6.42 Å². The van der Waals surface area contributed by atoms with Gasteiger partial charge in [-0.25, -0.2) is 0 Å². The molecule has 0 aromatic heterocycles. The van der Waals surface area contributed by atoms with Crippen molar-refractivity contribution >= 4 is 43.7 Å². The fraction of sp³-hybridized carbons (Fsp3) is 0.833. The predicted octanol–water partition coefficient (Wildman–Crippen LogP) is -0.264. The van der Waals surface area contributed by atoms with Crippen LogP contribution < -0.4 is 24.8 Å². The van der Waals surface area contributed by atoms with Gasteiger partial charge < -0.3 is 29.9 Å². The molecule has 0 spiro atoms. The summed E-state index contributed by atoms with van der Waals surface area (Å²) in [6, 6.07) is 0. The third-order valence-electron chi connectivity index (χ3n) is 3.65. The Balaban J connectivity index is -0.000000602. The molecule has 0 aliphatic rings.